The molecule has 1 saturated carbocycles. The van der Waals surface area contributed by atoms with Gasteiger partial charge in [-0.15, -0.1) is 0 Å². The zero-order valence-corrected chi connectivity index (χ0v) is 9.36. The second-order valence-electron chi connectivity index (χ2n) is 4.51. The number of rotatable bonds is 3. The molecule has 15 heavy (non-hydrogen) atoms. The maximum atomic E-state index is 10.5. The Morgan fingerprint density at radius 2 is 2.13 bits per heavy atom. The van der Waals surface area contributed by atoms with Gasteiger partial charge in [-0.3, -0.25) is 0 Å². The van der Waals surface area contributed by atoms with Crippen molar-refractivity contribution in [2.24, 2.45) is 5.92 Å². The number of ether oxygens (including phenoxy) is 1. The third-order valence-electron chi connectivity index (χ3n) is 3.55. The Hall–Kier alpha value is -1.02. The number of hydrogen-bond acceptors (Lipinski definition) is 2. The van der Waals surface area contributed by atoms with Gasteiger partial charge in [-0.2, -0.15) is 0 Å². The zero-order chi connectivity index (χ0) is 10.9. The van der Waals surface area contributed by atoms with Crippen molar-refractivity contribution in [1.29, 1.82) is 0 Å². The Bertz CT molecular complexity index is 340. The molecular weight excluding hydrogens is 188 g/mol. The van der Waals surface area contributed by atoms with Gasteiger partial charge in [0.2, 0.25) is 0 Å². The zero-order valence-electron chi connectivity index (χ0n) is 9.36. The first-order chi connectivity index (χ1) is 7.14. The highest BCUT2D eigenvalue weighted by Gasteiger charge is 2.37. The van der Waals surface area contributed by atoms with Crippen LogP contribution in [0.1, 0.15) is 31.7 Å². The van der Waals surface area contributed by atoms with Gasteiger partial charge in [0.15, 0.2) is 0 Å². The van der Waals surface area contributed by atoms with Gasteiger partial charge in [-0.05, 0) is 43.4 Å². The topological polar surface area (TPSA) is 29.5 Å². The van der Waals surface area contributed by atoms with Crippen molar-refractivity contribution in [2.45, 2.75) is 31.8 Å². The Morgan fingerprint density at radius 1 is 1.40 bits per heavy atom. The highest BCUT2D eigenvalue weighted by atomic mass is 16.5. The van der Waals surface area contributed by atoms with Gasteiger partial charge in [0, 0.05) is 0 Å². The maximum Gasteiger partial charge on any atom is 0.119 e. The summed E-state index contributed by atoms with van der Waals surface area (Å²) in [4.78, 5) is 0. The molecule has 0 aliphatic heterocycles. The van der Waals surface area contributed by atoms with Gasteiger partial charge in [0.05, 0.1) is 12.7 Å². The van der Waals surface area contributed by atoms with Crippen LogP contribution >= 0.6 is 0 Å². The minimum atomic E-state index is -0.702. The first-order valence-electron chi connectivity index (χ1n) is 5.51. The summed E-state index contributed by atoms with van der Waals surface area (Å²) in [6.45, 7) is 1.91. The smallest absolute Gasteiger partial charge is 0.119 e. The molecule has 0 radical (unpaired) electrons. The molecule has 1 N–H and O–H groups in total. The molecule has 1 aromatic carbocycles. The highest BCUT2D eigenvalue weighted by Crippen LogP contribution is 2.42. The number of methoxy groups -OCH3 is 1. The Labute approximate surface area is 90.9 Å². The average molecular weight is 206 g/mol. The Kier molecular flexibility index (Phi) is 2.70. The Balaban J connectivity index is 2.26. The second kappa shape index (κ2) is 3.86. The number of benzene rings is 1. The van der Waals surface area contributed by atoms with Crippen LogP contribution in [-0.4, -0.2) is 12.2 Å². The maximum absolute atomic E-state index is 10.5. The minimum absolute atomic E-state index is 0.407. The predicted molar refractivity (Wildman–Crippen MR) is 59.9 cm³/mol. The van der Waals surface area contributed by atoms with Crippen molar-refractivity contribution in [2.75, 3.05) is 7.11 Å². The quantitative estimate of drug-likeness (QED) is 0.824. The van der Waals surface area contributed by atoms with Crippen LogP contribution in [0.4, 0.5) is 0 Å². The van der Waals surface area contributed by atoms with Gasteiger partial charge in [0.1, 0.15) is 5.75 Å². The van der Waals surface area contributed by atoms with Crippen LogP contribution in [0.15, 0.2) is 24.3 Å². The molecule has 1 atom stereocenters. The van der Waals surface area contributed by atoms with E-state index >= 15 is 0 Å². The summed E-state index contributed by atoms with van der Waals surface area (Å²) in [5.41, 5.74) is 0.263. The Morgan fingerprint density at radius 3 is 2.67 bits per heavy atom. The van der Waals surface area contributed by atoms with Gasteiger partial charge in [-0.1, -0.05) is 18.6 Å². The lowest BCUT2D eigenvalue weighted by Crippen LogP contribution is -2.36. The van der Waals surface area contributed by atoms with Crippen LogP contribution in [0.25, 0.3) is 0 Å². The largest absolute Gasteiger partial charge is 0.497 e. The summed E-state index contributed by atoms with van der Waals surface area (Å²) in [5, 5.41) is 10.5. The summed E-state index contributed by atoms with van der Waals surface area (Å²) in [6, 6.07) is 7.74. The van der Waals surface area contributed by atoms with E-state index in [2.05, 4.69) is 0 Å². The fourth-order valence-corrected chi connectivity index (χ4v) is 2.14. The average Bonchev–Trinajstić information content (AvgIpc) is 2.14. The summed E-state index contributed by atoms with van der Waals surface area (Å²) < 4.78 is 5.17. The van der Waals surface area contributed by atoms with Gasteiger partial charge in [0.25, 0.3) is 0 Å². The molecule has 0 saturated heterocycles. The lowest BCUT2D eigenvalue weighted by molar-refractivity contribution is -0.0400. The molecule has 1 aliphatic rings. The summed E-state index contributed by atoms with van der Waals surface area (Å²) in [5.74, 6) is 1.22. The molecule has 0 amide bonds. The molecule has 2 nitrogen and oxygen atoms in total. The summed E-state index contributed by atoms with van der Waals surface area (Å²) in [6.07, 6.45) is 3.50. The normalized spacial score (nSPS) is 20.5. The van der Waals surface area contributed by atoms with E-state index in [-0.39, 0.29) is 0 Å². The second-order valence-corrected chi connectivity index (χ2v) is 4.51. The standard InChI is InChI=1S/C13H18O2/c1-13(14,10-5-3-6-10)11-7-4-8-12(9-11)15-2/h4,7-10,14H,3,5-6H2,1-2H3. The van der Waals surface area contributed by atoms with E-state index in [0.29, 0.717) is 5.92 Å². The van der Waals surface area contributed by atoms with E-state index in [0.717, 1.165) is 24.2 Å². The molecule has 1 fully saturated rings. The van der Waals surface area contributed by atoms with Crippen LogP contribution in [0.3, 0.4) is 0 Å². The third-order valence-corrected chi connectivity index (χ3v) is 3.55. The number of hydrogen-bond donors (Lipinski definition) is 1. The predicted octanol–water partition coefficient (Wildman–Crippen LogP) is 2.70. The third kappa shape index (κ3) is 1.86. The van der Waals surface area contributed by atoms with Gasteiger partial charge in [-0.25, -0.2) is 0 Å². The van der Waals surface area contributed by atoms with Crippen LogP contribution in [0, 0.1) is 5.92 Å². The van der Waals surface area contributed by atoms with Crippen molar-refractivity contribution >= 4 is 0 Å². The monoisotopic (exact) mass is 206 g/mol. The minimum Gasteiger partial charge on any atom is -0.497 e. The molecular formula is C13H18O2. The first-order valence-corrected chi connectivity index (χ1v) is 5.51. The first kappa shape index (κ1) is 10.5. The van der Waals surface area contributed by atoms with Crippen molar-refractivity contribution < 1.29 is 9.84 Å². The van der Waals surface area contributed by atoms with Crippen molar-refractivity contribution in [1.82, 2.24) is 0 Å². The number of aliphatic hydroxyl groups is 1. The summed E-state index contributed by atoms with van der Waals surface area (Å²) in [7, 11) is 1.65. The van der Waals surface area contributed by atoms with E-state index in [1.165, 1.54) is 6.42 Å². The fourth-order valence-electron chi connectivity index (χ4n) is 2.14. The lowest BCUT2D eigenvalue weighted by Gasteiger charge is -2.39. The summed E-state index contributed by atoms with van der Waals surface area (Å²) >= 11 is 0. The fraction of sp³-hybridized carbons (Fsp3) is 0.538. The molecule has 1 aliphatic carbocycles. The van der Waals surface area contributed by atoms with Crippen molar-refractivity contribution in [3.05, 3.63) is 29.8 Å². The van der Waals surface area contributed by atoms with E-state index < -0.39 is 5.60 Å². The molecule has 1 unspecified atom stereocenters. The molecule has 0 aromatic heterocycles. The highest BCUT2D eigenvalue weighted by molar-refractivity contribution is 5.32. The van der Waals surface area contributed by atoms with Crippen molar-refractivity contribution in [3.63, 3.8) is 0 Å². The SMILES string of the molecule is COc1cccc(C(C)(O)C2CCC2)c1. The van der Waals surface area contributed by atoms with E-state index in [1.54, 1.807) is 7.11 Å². The molecule has 2 heteroatoms. The molecule has 1 aromatic rings. The van der Waals surface area contributed by atoms with Crippen LogP contribution in [0.5, 0.6) is 5.75 Å². The van der Waals surface area contributed by atoms with E-state index in [4.69, 9.17) is 4.74 Å². The van der Waals surface area contributed by atoms with E-state index in [9.17, 15) is 5.11 Å². The van der Waals surface area contributed by atoms with Gasteiger partial charge < -0.3 is 9.84 Å². The van der Waals surface area contributed by atoms with E-state index in [1.807, 2.05) is 31.2 Å². The lowest BCUT2D eigenvalue weighted by atomic mass is 9.71. The molecule has 2 rings (SSSR count). The molecule has 82 valence electrons. The molecule has 0 bridgehead atoms. The van der Waals surface area contributed by atoms with Crippen molar-refractivity contribution in [3.8, 4) is 5.75 Å². The van der Waals surface area contributed by atoms with Gasteiger partial charge >= 0.3 is 0 Å². The van der Waals surface area contributed by atoms with Crippen LogP contribution in [0.2, 0.25) is 0 Å². The van der Waals surface area contributed by atoms with Crippen LogP contribution in [-0.2, 0) is 5.60 Å². The van der Waals surface area contributed by atoms with Crippen LogP contribution < -0.4 is 4.74 Å². The molecule has 0 spiro atoms. The molecule has 0 heterocycles.